The minimum Gasteiger partial charge on any atom is -0.384 e. The molecule has 0 atom stereocenters. The lowest BCUT2D eigenvalue weighted by molar-refractivity contribution is 0.625. The Morgan fingerprint density at radius 3 is 2.76 bits per heavy atom. The molecule has 0 radical (unpaired) electrons. The molecule has 3 N–H and O–H groups in total. The Kier molecular flexibility index (Phi) is 3.96. The summed E-state index contributed by atoms with van der Waals surface area (Å²) < 4.78 is 0. The number of fused-ring (bicyclic) bond motifs is 1. The van der Waals surface area contributed by atoms with Gasteiger partial charge in [-0.15, -0.1) is 0 Å². The fourth-order valence-electron chi connectivity index (χ4n) is 1.97. The summed E-state index contributed by atoms with van der Waals surface area (Å²) in [6, 6.07) is 3.73. The molecule has 4 heteroatoms. The summed E-state index contributed by atoms with van der Waals surface area (Å²) in [6.07, 6.45) is 7.41. The predicted molar refractivity (Wildman–Crippen MR) is 70.8 cm³/mol. The van der Waals surface area contributed by atoms with E-state index in [2.05, 4.69) is 21.9 Å². The molecule has 2 aromatic rings. The molecule has 2 heterocycles. The van der Waals surface area contributed by atoms with E-state index in [-0.39, 0.29) is 0 Å². The summed E-state index contributed by atoms with van der Waals surface area (Å²) in [5.74, 6) is 1.55. The molecule has 17 heavy (non-hydrogen) atoms. The summed E-state index contributed by atoms with van der Waals surface area (Å²) in [5.41, 5.74) is 7.33. The van der Waals surface area contributed by atoms with E-state index in [1.54, 1.807) is 6.07 Å². The molecule has 0 saturated carbocycles. The number of nitrogen functional groups attached to an aromatic ring is 1. The van der Waals surface area contributed by atoms with E-state index in [9.17, 15) is 0 Å². The first-order valence-electron chi connectivity index (χ1n) is 6.40. The van der Waals surface area contributed by atoms with Gasteiger partial charge in [-0.25, -0.2) is 9.97 Å². The van der Waals surface area contributed by atoms with Crippen molar-refractivity contribution < 1.29 is 0 Å². The second-order valence-corrected chi connectivity index (χ2v) is 4.45. The first-order chi connectivity index (χ1) is 8.29. The molecular weight excluding hydrogens is 212 g/mol. The van der Waals surface area contributed by atoms with Crippen LogP contribution in [0.15, 0.2) is 12.1 Å². The molecule has 4 nitrogen and oxygen atoms in total. The third-order valence-corrected chi connectivity index (χ3v) is 2.93. The molecule has 2 rings (SSSR count). The molecule has 0 saturated heterocycles. The van der Waals surface area contributed by atoms with Crippen molar-refractivity contribution in [2.75, 3.05) is 5.73 Å². The van der Waals surface area contributed by atoms with Crippen molar-refractivity contribution in [1.82, 2.24) is 15.0 Å². The summed E-state index contributed by atoms with van der Waals surface area (Å²) in [7, 11) is 0. The van der Waals surface area contributed by atoms with Gasteiger partial charge in [0.15, 0.2) is 5.65 Å². The molecule has 0 unspecified atom stereocenters. The maximum atomic E-state index is 5.62. The Bertz CT molecular complexity index is 475. The lowest BCUT2D eigenvalue weighted by Gasteiger charge is -1.97. The van der Waals surface area contributed by atoms with E-state index in [0.717, 1.165) is 23.4 Å². The van der Waals surface area contributed by atoms with Gasteiger partial charge in [0.25, 0.3) is 0 Å². The largest absolute Gasteiger partial charge is 0.384 e. The van der Waals surface area contributed by atoms with Crippen molar-refractivity contribution in [2.24, 2.45) is 0 Å². The minimum atomic E-state index is 0.526. The van der Waals surface area contributed by atoms with Gasteiger partial charge < -0.3 is 10.7 Å². The standard InChI is InChI=1S/C13H20N4/c1-2-3-4-5-6-7-12-15-10-8-9-11(14)16-13(10)17-12/h8-9H,2-7H2,1H3,(H3,14,15,16,17). The van der Waals surface area contributed by atoms with Crippen molar-refractivity contribution in [3.05, 3.63) is 18.0 Å². The number of hydrogen-bond acceptors (Lipinski definition) is 3. The van der Waals surface area contributed by atoms with Crippen molar-refractivity contribution in [3.63, 3.8) is 0 Å². The average molecular weight is 232 g/mol. The molecule has 0 aliphatic carbocycles. The zero-order valence-electron chi connectivity index (χ0n) is 10.4. The van der Waals surface area contributed by atoms with Crippen molar-refractivity contribution in [2.45, 2.75) is 45.4 Å². The topological polar surface area (TPSA) is 67.6 Å². The average Bonchev–Trinajstić information content (AvgIpc) is 2.70. The Labute approximate surface area is 102 Å². The Morgan fingerprint density at radius 2 is 1.94 bits per heavy atom. The van der Waals surface area contributed by atoms with Crippen LogP contribution in [-0.4, -0.2) is 15.0 Å². The van der Waals surface area contributed by atoms with Gasteiger partial charge in [-0.3, -0.25) is 0 Å². The number of H-pyrrole nitrogens is 1. The number of pyridine rings is 1. The molecule has 0 spiro atoms. The van der Waals surface area contributed by atoms with Crippen LogP contribution in [0.25, 0.3) is 11.2 Å². The molecule has 0 aromatic carbocycles. The fourth-order valence-corrected chi connectivity index (χ4v) is 1.97. The van der Waals surface area contributed by atoms with E-state index in [4.69, 9.17) is 5.73 Å². The second kappa shape index (κ2) is 5.66. The normalized spacial score (nSPS) is 11.1. The number of aromatic amines is 1. The van der Waals surface area contributed by atoms with Gasteiger partial charge in [-0.05, 0) is 18.6 Å². The number of hydrogen-bond donors (Lipinski definition) is 2. The van der Waals surface area contributed by atoms with Crippen LogP contribution in [-0.2, 0) is 6.42 Å². The number of anilines is 1. The van der Waals surface area contributed by atoms with Crippen molar-refractivity contribution >= 4 is 17.0 Å². The van der Waals surface area contributed by atoms with Gasteiger partial charge in [0, 0.05) is 6.42 Å². The van der Waals surface area contributed by atoms with Crippen LogP contribution in [0.5, 0.6) is 0 Å². The zero-order valence-corrected chi connectivity index (χ0v) is 10.4. The lowest BCUT2D eigenvalue weighted by atomic mass is 10.1. The van der Waals surface area contributed by atoms with E-state index < -0.39 is 0 Å². The highest BCUT2D eigenvalue weighted by atomic mass is 15.0. The van der Waals surface area contributed by atoms with E-state index in [1.807, 2.05) is 6.07 Å². The number of unbranched alkanes of at least 4 members (excludes halogenated alkanes) is 4. The molecule has 0 bridgehead atoms. The van der Waals surface area contributed by atoms with Gasteiger partial charge in [0.05, 0.1) is 5.52 Å². The van der Waals surface area contributed by atoms with E-state index in [0.29, 0.717) is 5.82 Å². The molecule has 0 fully saturated rings. The van der Waals surface area contributed by atoms with Gasteiger partial charge in [-0.2, -0.15) is 0 Å². The highest BCUT2D eigenvalue weighted by Crippen LogP contribution is 2.13. The smallest absolute Gasteiger partial charge is 0.179 e. The van der Waals surface area contributed by atoms with Gasteiger partial charge >= 0.3 is 0 Å². The molecule has 0 aliphatic rings. The summed E-state index contributed by atoms with van der Waals surface area (Å²) in [4.78, 5) is 11.9. The molecule has 92 valence electrons. The van der Waals surface area contributed by atoms with Crippen LogP contribution in [0.3, 0.4) is 0 Å². The van der Waals surface area contributed by atoms with E-state index >= 15 is 0 Å². The first kappa shape index (κ1) is 11.9. The molecule has 0 aliphatic heterocycles. The van der Waals surface area contributed by atoms with Gasteiger partial charge in [-0.1, -0.05) is 32.6 Å². The first-order valence-corrected chi connectivity index (χ1v) is 6.40. The minimum absolute atomic E-state index is 0.526. The number of imidazole rings is 1. The Morgan fingerprint density at radius 1 is 1.12 bits per heavy atom. The van der Waals surface area contributed by atoms with Crippen LogP contribution in [0.1, 0.15) is 44.9 Å². The third kappa shape index (κ3) is 3.19. The number of nitrogens with zero attached hydrogens (tertiary/aromatic N) is 2. The highest BCUT2D eigenvalue weighted by molar-refractivity contribution is 5.72. The second-order valence-electron chi connectivity index (χ2n) is 4.45. The lowest BCUT2D eigenvalue weighted by Crippen LogP contribution is -1.89. The SMILES string of the molecule is CCCCCCCc1nc2nc(N)ccc2[nH]1. The van der Waals surface area contributed by atoms with Crippen LogP contribution < -0.4 is 5.73 Å². The molecule has 2 aromatic heterocycles. The van der Waals surface area contributed by atoms with Gasteiger partial charge in [0.2, 0.25) is 0 Å². The zero-order chi connectivity index (χ0) is 12.1. The number of aryl methyl sites for hydroxylation is 1. The molecule has 0 amide bonds. The van der Waals surface area contributed by atoms with E-state index in [1.165, 1.54) is 32.1 Å². The van der Waals surface area contributed by atoms with Crippen LogP contribution >= 0.6 is 0 Å². The number of rotatable bonds is 6. The Hall–Kier alpha value is -1.58. The number of nitrogens with two attached hydrogens (primary N) is 1. The summed E-state index contributed by atoms with van der Waals surface area (Å²) in [6.45, 7) is 2.23. The summed E-state index contributed by atoms with van der Waals surface area (Å²) >= 11 is 0. The monoisotopic (exact) mass is 232 g/mol. The van der Waals surface area contributed by atoms with Crippen LogP contribution in [0.4, 0.5) is 5.82 Å². The molecular formula is C13H20N4. The number of nitrogens with one attached hydrogen (secondary N) is 1. The van der Waals surface area contributed by atoms with Crippen molar-refractivity contribution in [3.8, 4) is 0 Å². The highest BCUT2D eigenvalue weighted by Gasteiger charge is 2.03. The van der Waals surface area contributed by atoms with Crippen molar-refractivity contribution in [1.29, 1.82) is 0 Å². The quantitative estimate of drug-likeness (QED) is 0.752. The maximum absolute atomic E-state index is 5.62. The maximum Gasteiger partial charge on any atom is 0.179 e. The number of aromatic nitrogens is 3. The summed E-state index contributed by atoms with van der Waals surface area (Å²) in [5, 5.41) is 0. The van der Waals surface area contributed by atoms with Crippen LogP contribution in [0, 0.1) is 0 Å². The fraction of sp³-hybridized carbons (Fsp3) is 0.538. The van der Waals surface area contributed by atoms with Crippen LogP contribution in [0.2, 0.25) is 0 Å². The third-order valence-electron chi connectivity index (χ3n) is 2.93. The Balaban J connectivity index is 1.91. The predicted octanol–water partition coefficient (Wildman–Crippen LogP) is 3.05. The van der Waals surface area contributed by atoms with Gasteiger partial charge in [0.1, 0.15) is 11.6 Å².